The second-order valence-electron chi connectivity index (χ2n) is 7.16. The molecule has 0 unspecified atom stereocenters. The maximum absolute atomic E-state index is 12.8. The van der Waals surface area contributed by atoms with Gasteiger partial charge in [-0.15, -0.1) is 0 Å². The van der Waals surface area contributed by atoms with Crippen LogP contribution in [0.4, 0.5) is 13.2 Å². The van der Waals surface area contributed by atoms with Crippen molar-refractivity contribution in [2.24, 2.45) is 5.92 Å². The molecule has 2 aromatic rings. The number of hydrogen-bond acceptors (Lipinski definition) is 3. The quantitative estimate of drug-likeness (QED) is 0.853. The highest BCUT2D eigenvalue weighted by molar-refractivity contribution is 5.15. The fourth-order valence-electron chi connectivity index (χ4n) is 3.63. The smallest absolute Gasteiger partial charge is 0.391 e. The lowest BCUT2D eigenvalue weighted by atomic mass is 9.98. The number of fused-ring (bicyclic) bond motifs is 1. The zero-order valence-electron chi connectivity index (χ0n) is 14.8. The van der Waals surface area contributed by atoms with Crippen molar-refractivity contribution in [3.05, 3.63) is 53.6 Å². The summed E-state index contributed by atoms with van der Waals surface area (Å²) in [5.41, 5.74) is 0.286. The molecule has 1 aliphatic rings. The maximum Gasteiger partial charge on any atom is 0.434 e. The van der Waals surface area contributed by atoms with Crippen LogP contribution in [0.15, 0.2) is 36.5 Å². The molecule has 142 valence electrons. The molecule has 4 nitrogen and oxygen atoms in total. The topological polar surface area (TPSA) is 41.3 Å². The fourth-order valence-corrected chi connectivity index (χ4v) is 3.63. The van der Waals surface area contributed by atoms with Gasteiger partial charge in [-0.1, -0.05) is 30.3 Å². The lowest BCUT2D eigenvalue weighted by Gasteiger charge is -2.29. The van der Waals surface area contributed by atoms with E-state index >= 15 is 0 Å². The molecule has 0 radical (unpaired) electrons. The van der Waals surface area contributed by atoms with Crippen LogP contribution in [0, 0.1) is 5.92 Å². The summed E-state index contributed by atoms with van der Waals surface area (Å²) in [6, 6.07) is 9.82. The van der Waals surface area contributed by atoms with Gasteiger partial charge in [0.05, 0.1) is 6.10 Å². The summed E-state index contributed by atoms with van der Waals surface area (Å²) in [6.07, 6.45) is -1.78. The Hall–Kier alpha value is -1.86. The van der Waals surface area contributed by atoms with E-state index in [1.165, 1.54) is 0 Å². The van der Waals surface area contributed by atoms with Gasteiger partial charge in [-0.25, -0.2) is 4.98 Å². The first kappa shape index (κ1) is 18.9. The molecule has 3 rings (SSSR count). The van der Waals surface area contributed by atoms with Crippen LogP contribution in [0.3, 0.4) is 0 Å². The van der Waals surface area contributed by atoms with E-state index in [0.29, 0.717) is 31.8 Å². The Balaban J connectivity index is 1.51. The third kappa shape index (κ3) is 4.86. The number of rotatable bonds is 6. The Bertz CT molecular complexity index is 715. The van der Waals surface area contributed by atoms with E-state index in [9.17, 15) is 18.3 Å². The standard InChI is InChI=1S/C19H24F3N3O/c1-24(12-16(26)9-14-5-3-2-4-6-14)10-15-7-8-18-23-17(19(20,21)22)13-25(18)11-15/h2-6,13,15-16,26H,7-12H2,1H3/t15-,16+/m1/s1. The number of aryl methyl sites for hydroxylation is 1. The first-order chi connectivity index (χ1) is 12.3. The minimum atomic E-state index is -4.39. The average molecular weight is 367 g/mol. The second kappa shape index (κ2) is 7.80. The van der Waals surface area contributed by atoms with Crippen LogP contribution >= 0.6 is 0 Å². The average Bonchev–Trinajstić information content (AvgIpc) is 2.99. The van der Waals surface area contributed by atoms with Gasteiger partial charge in [0.1, 0.15) is 5.82 Å². The Morgan fingerprint density at radius 1 is 1.31 bits per heavy atom. The lowest BCUT2D eigenvalue weighted by molar-refractivity contribution is -0.141. The van der Waals surface area contributed by atoms with Crippen molar-refractivity contribution in [3.8, 4) is 0 Å². The summed E-state index contributed by atoms with van der Waals surface area (Å²) in [4.78, 5) is 5.78. The number of imidazole rings is 1. The van der Waals surface area contributed by atoms with Crippen LogP contribution in [0.2, 0.25) is 0 Å². The number of halogens is 3. The molecule has 7 heteroatoms. The first-order valence-electron chi connectivity index (χ1n) is 8.85. The van der Waals surface area contributed by atoms with Gasteiger partial charge in [0.25, 0.3) is 0 Å². The van der Waals surface area contributed by atoms with Gasteiger partial charge in [-0.2, -0.15) is 13.2 Å². The van der Waals surface area contributed by atoms with Gasteiger partial charge in [-0.3, -0.25) is 0 Å². The number of nitrogens with zero attached hydrogens (tertiary/aromatic N) is 3. The van der Waals surface area contributed by atoms with Crippen molar-refractivity contribution in [1.29, 1.82) is 0 Å². The Kier molecular flexibility index (Phi) is 5.67. The molecule has 0 fully saturated rings. The van der Waals surface area contributed by atoms with Gasteiger partial charge >= 0.3 is 6.18 Å². The van der Waals surface area contributed by atoms with Crippen molar-refractivity contribution >= 4 is 0 Å². The normalized spacial score (nSPS) is 18.8. The third-order valence-corrected chi connectivity index (χ3v) is 4.79. The van der Waals surface area contributed by atoms with E-state index < -0.39 is 18.0 Å². The van der Waals surface area contributed by atoms with Crippen molar-refractivity contribution in [1.82, 2.24) is 14.5 Å². The van der Waals surface area contributed by atoms with Crippen molar-refractivity contribution < 1.29 is 18.3 Å². The molecule has 0 spiro atoms. The van der Waals surface area contributed by atoms with Crippen molar-refractivity contribution in [2.45, 2.75) is 38.1 Å². The number of aliphatic hydroxyl groups is 1. The van der Waals surface area contributed by atoms with Gasteiger partial charge in [0.15, 0.2) is 5.69 Å². The van der Waals surface area contributed by atoms with Gasteiger partial charge in [0.2, 0.25) is 0 Å². The minimum absolute atomic E-state index is 0.256. The number of alkyl halides is 3. The lowest BCUT2D eigenvalue weighted by Crippen LogP contribution is -2.36. The zero-order valence-corrected chi connectivity index (χ0v) is 14.8. The van der Waals surface area contributed by atoms with Crippen molar-refractivity contribution in [2.75, 3.05) is 20.1 Å². The zero-order chi connectivity index (χ0) is 18.7. The van der Waals surface area contributed by atoms with Gasteiger partial charge in [0, 0.05) is 32.3 Å². The molecular formula is C19H24F3N3O. The van der Waals surface area contributed by atoms with Crippen molar-refractivity contribution in [3.63, 3.8) is 0 Å². The summed E-state index contributed by atoms with van der Waals surface area (Å²) in [7, 11) is 1.94. The molecule has 0 aliphatic carbocycles. The van der Waals surface area contributed by atoms with Crippen LogP contribution in [0.5, 0.6) is 0 Å². The molecule has 2 atom stereocenters. The van der Waals surface area contributed by atoms with Crippen LogP contribution < -0.4 is 0 Å². The molecule has 1 N–H and O–H groups in total. The molecule has 0 bridgehead atoms. The second-order valence-corrected chi connectivity index (χ2v) is 7.16. The summed E-state index contributed by atoms with van der Waals surface area (Å²) in [6.45, 7) is 1.82. The minimum Gasteiger partial charge on any atom is -0.391 e. The predicted octanol–water partition coefficient (Wildman–Crippen LogP) is 3.00. The number of aromatic nitrogens is 2. The number of likely N-dealkylation sites (N-methyl/N-ethyl adjacent to an activating group) is 1. The molecule has 1 aromatic carbocycles. The summed E-state index contributed by atoms with van der Waals surface area (Å²) >= 11 is 0. The predicted molar refractivity (Wildman–Crippen MR) is 92.7 cm³/mol. The van der Waals surface area contributed by atoms with E-state index in [2.05, 4.69) is 9.88 Å². The van der Waals surface area contributed by atoms with Crippen LogP contribution in [-0.2, 0) is 25.6 Å². The first-order valence-corrected chi connectivity index (χ1v) is 8.85. The van der Waals surface area contributed by atoms with E-state index in [1.54, 1.807) is 4.57 Å². The molecule has 26 heavy (non-hydrogen) atoms. The summed E-state index contributed by atoms with van der Waals surface area (Å²) in [5.74, 6) is 0.770. The number of aliphatic hydroxyl groups excluding tert-OH is 1. The molecule has 0 saturated carbocycles. The molecular weight excluding hydrogens is 343 g/mol. The van der Waals surface area contributed by atoms with Gasteiger partial charge < -0.3 is 14.6 Å². The Morgan fingerprint density at radius 3 is 2.73 bits per heavy atom. The SMILES string of the molecule is CN(C[C@@H](O)Cc1ccccc1)C[C@H]1CCc2nc(C(F)(F)F)cn2C1. The highest BCUT2D eigenvalue weighted by Gasteiger charge is 2.35. The monoisotopic (exact) mass is 367 g/mol. The number of benzene rings is 1. The highest BCUT2D eigenvalue weighted by atomic mass is 19.4. The van der Waals surface area contributed by atoms with Gasteiger partial charge in [-0.05, 0) is 31.4 Å². The fraction of sp³-hybridized carbons (Fsp3) is 0.526. The Morgan fingerprint density at radius 2 is 2.04 bits per heavy atom. The van der Waals surface area contributed by atoms with Crippen LogP contribution in [0.25, 0.3) is 0 Å². The van der Waals surface area contributed by atoms with E-state index in [4.69, 9.17) is 0 Å². The molecule has 0 amide bonds. The van der Waals surface area contributed by atoms with E-state index in [0.717, 1.165) is 24.7 Å². The van der Waals surface area contributed by atoms with E-state index in [-0.39, 0.29) is 5.92 Å². The van der Waals surface area contributed by atoms with E-state index in [1.807, 2.05) is 37.4 Å². The third-order valence-electron chi connectivity index (χ3n) is 4.79. The maximum atomic E-state index is 12.8. The van der Waals surface area contributed by atoms with Crippen LogP contribution in [0.1, 0.15) is 23.5 Å². The molecule has 0 saturated heterocycles. The molecule has 1 aliphatic heterocycles. The largest absolute Gasteiger partial charge is 0.434 e. The summed E-state index contributed by atoms with van der Waals surface area (Å²) in [5, 5.41) is 10.3. The highest BCUT2D eigenvalue weighted by Crippen LogP contribution is 2.30. The van der Waals surface area contributed by atoms with Crippen LogP contribution in [-0.4, -0.2) is 45.8 Å². The molecule has 1 aromatic heterocycles. The Labute approximate surface area is 151 Å². The molecule has 2 heterocycles. The number of hydrogen-bond donors (Lipinski definition) is 1. The summed E-state index contributed by atoms with van der Waals surface area (Å²) < 4.78 is 40.0.